The second kappa shape index (κ2) is 15.1. The molecule has 0 unspecified atom stereocenters. The molecule has 1 aromatic heterocycles. The summed E-state index contributed by atoms with van der Waals surface area (Å²) in [5.74, 6) is 0. The van der Waals surface area contributed by atoms with Crippen LogP contribution in [0.1, 0.15) is 52.7 Å². The van der Waals surface area contributed by atoms with Crippen molar-refractivity contribution in [1.29, 1.82) is 0 Å². The number of nitrogens with zero attached hydrogens (tertiary/aromatic N) is 2. The molecule has 2 nitrogen and oxygen atoms in total. The van der Waals surface area contributed by atoms with Crippen LogP contribution in [-0.4, -0.2) is 11.3 Å². The van der Waals surface area contributed by atoms with Crippen LogP contribution in [0.4, 0.5) is 17.1 Å². The Bertz CT molecular complexity index is 4450. The first-order chi connectivity index (χ1) is 35.5. The first kappa shape index (κ1) is 42.3. The summed E-state index contributed by atoms with van der Waals surface area (Å²) < 4.78 is 2.75. The molecule has 0 amide bonds. The van der Waals surface area contributed by atoms with Crippen molar-refractivity contribution >= 4 is 111 Å². The monoisotopic (exact) mass is 932 g/mol. The van der Waals surface area contributed by atoms with E-state index in [9.17, 15) is 0 Å². The number of aromatic nitrogens is 1. The molecular weight excluding hydrogens is 880 g/mol. The Morgan fingerprint density at radius 1 is 0.356 bits per heavy atom. The molecule has 15 rings (SSSR count). The van der Waals surface area contributed by atoms with Gasteiger partial charge < -0.3 is 9.38 Å². The van der Waals surface area contributed by atoms with Crippen molar-refractivity contribution in [3.8, 4) is 33.4 Å². The van der Waals surface area contributed by atoms with E-state index in [4.69, 9.17) is 0 Å². The zero-order valence-electron chi connectivity index (χ0n) is 42.2. The Morgan fingerprint density at radius 2 is 0.877 bits per heavy atom. The SMILES string of the molecule is CC(C)(C)c1ccc2c(c1)c1cc(C(C)(C)C)cc3c1n2B1c2cc4cc5c6ccccc6c6ccccc6c5cc4cc2N(c2cc(-c4ccccc4)cc(-c4ccccc4)c2)c2cc4ccccc4c-3c21. The van der Waals surface area contributed by atoms with Gasteiger partial charge in [0.25, 0.3) is 0 Å². The van der Waals surface area contributed by atoms with Gasteiger partial charge in [-0.05, 0) is 181 Å². The molecule has 12 aromatic carbocycles. The number of rotatable bonds is 3. The van der Waals surface area contributed by atoms with Crippen molar-refractivity contribution in [3.05, 3.63) is 223 Å². The molecule has 3 heteroatoms. The van der Waals surface area contributed by atoms with Crippen molar-refractivity contribution in [3.63, 3.8) is 0 Å². The van der Waals surface area contributed by atoms with Gasteiger partial charge in [-0.3, -0.25) is 0 Å². The maximum absolute atomic E-state index is 2.75. The van der Waals surface area contributed by atoms with Crippen LogP contribution >= 0.6 is 0 Å². The predicted octanol–water partition coefficient (Wildman–Crippen LogP) is 17.9. The van der Waals surface area contributed by atoms with Gasteiger partial charge >= 0.3 is 6.85 Å². The Morgan fingerprint density at radius 3 is 1.48 bits per heavy atom. The van der Waals surface area contributed by atoms with E-state index in [1.165, 1.54) is 142 Å². The van der Waals surface area contributed by atoms with Gasteiger partial charge in [0.05, 0.1) is 0 Å². The van der Waals surface area contributed by atoms with Crippen LogP contribution in [0.15, 0.2) is 212 Å². The Hall–Kier alpha value is -8.40. The van der Waals surface area contributed by atoms with Crippen LogP contribution in [-0.2, 0) is 10.8 Å². The molecule has 73 heavy (non-hydrogen) atoms. The van der Waals surface area contributed by atoms with Gasteiger partial charge in [0.1, 0.15) is 0 Å². The van der Waals surface area contributed by atoms with Crippen LogP contribution in [0, 0.1) is 0 Å². The molecule has 0 fully saturated rings. The third kappa shape index (κ3) is 6.18. The molecule has 2 aliphatic rings. The molecule has 0 bridgehead atoms. The third-order valence-electron chi connectivity index (χ3n) is 16.5. The first-order valence-electron chi connectivity index (χ1n) is 26.0. The van der Waals surface area contributed by atoms with E-state index in [0.29, 0.717) is 0 Å². The highest BCUT2D eigenvalue weighted by atomic mass is 15.2. The lowest BCUT2D eigenvalue weighted by Crippen LogP contribution is -2.56. The quantitative estimate of drug-likeness (QED) is 0.0974. The average molecular weight is 933 g/mol. The number of anilines is 3. The summed E-state index contributed by atoms with van der Waals surface area (Å²) in [5, 5.41) is 15.4. The Labute approximate surface area is 426 Å². The lowest BCUT2D eigenvalue weighted by molar-refractivity contribution is 0.590. The molecule has 3 heterocycles. The number of fused-ring (bicyclic) bond motifs is 16. The average Bonchev–Trinajstić information content (AvgIpc) is 3.74. The van der Waals surface area contributed by atoms with Crippen molar-refractivity contribution < 1.29 is 0 Å². The molecule has 346 valence electrons. The zero-order valence-corrected chi connectivity index (χ0v) is 42.2. The largest absolute Gasteiger partial charge is 0.375 e. The van der Waals surface area contributed by atoms with E-state index in [1.54, 1.807) is 0 Å². The smallest absolute Gasteiger partial charge is 0.333 e. The van der Waals surface area contributed by atoms with Crippen molar-refractivity contribution in [2.24, 2.45) is 0 Å². The highest BCUT2D eigenvalue weighted by Crippen LogP contribution is 2.51. The molecule has 0 spiro atoms. The van der Waals surface area contributed by atoms with Gasteiger partial charge in [-0.25, -0.2) is 0 Å². The Kier molecular flexibility index (Phi) is 8.73. The lowest BCUT2D eigenvalue weighted by atomic mass is 9.44. The van der Waals surface area contributed by atoms with E-state index in [1.807, 2.05) is 0 Å². The normalized spacial score (nSPS) is 13.3. The first-order valence-corrected chi connectivity index (χ1v) is 26.0. The van der Waals surface area contributed by atoms with Crippen LogP contribution < -0.4 is 15.8 Å². The van der Waals surface area contributed by atoms with E-state index >= 15 is 0 Å². The fraction of sp³-hybridized carbons (Fsp3) is 0.114. The number of hydrogen-bond acceptors (Lipinski definition) is 1. The van der Waals surface area contributed by atoms with E-state index in [0.717, 1.165) is 5.69 Å². The molecule has 0 saturated heterocycles. The van der Waals surface area contributed by atoms with Gasteiger partial charge in [-0.2, -0.15) is 0 Å². The summed E-state index contributed by atoms with van der Waals surface area (Å²) in [7, 11) is 0. The standard InChI is InChI=1S/C70H53BN2/c1-69(2,3)49-29-30-63-59(39-49)60-40-50(70(4,5)6)41-61-66-52-24-14-13-23-44(52)37-65-67(66)71(73(63)68(60)61)62-36-47-34-57-55-27-17-15-25-53(55)54-26-16-18-28-56(54)58(57)35-48(47)38-64(62)72(65)51-32-45(42-19-9-7-10-20-42)31-46(33-51)43-21-11-8-12-22-43/h7-41H,1-6H3. The zero-order chi connectivity index (χ0) is 49.1. The highest BCUT2D eigenvalue weighted by Gasteiger charge is 2.44. The van der Waals surface area contributed by atoms with Crippen LogP contribution in [0.3, 0.4) is 0 Å². The van der Waals surface area contributed by atoms with Gasteiger partial charge in [-0.1, -0.05) is 187 Å². The number of benzene rings is 12. The van der Waals surface area contributed by atoms with Crippen molar-refractivity contribution in [1.82, 2.24) is 4.48 Å². The minimum Gasteiger partial charge on any atom is -0.375 e. The van der Waals surface area contributed by atoms with Crippen LogP contribution in [0.5, 0.6) is 0 Å². The van der Waals surface area contributed by atoms with Crippen LogP contribution in [0.2, 0.25) is 0 Å². The van der Waals surface area contributed by atoms with Crippen molar-refractivity contribution in [2.45, 2.75) is 52.4 Å². The van der Waals surface area contributed by atoms with Gasteiger partial charge in [-0.15, -0.1) is 0 Å². The van der Waals surface area contributed by atoms with Crippen molar-refractivity contribution in [2.75, 3.05) is 4.90 Å². The summed E-state index contributed by atoms with van der Waals surface area (Å²) in [6.45, 7) is 14.0. The topological polar surface area (TPSA) is 8.17 Å². The minimum atomic E-state index is -0.117. The second-order valence-electron chi connectivity index (χ2n) is 22.9. The van der Waals surface area contributed by atoms with E-state index < -0.39 is 0 Å². The predicted molar refractivity (Wildman–Crippen MR) is 316 cm³/mol. The maximum atomic E-state index is 2.75. The molecule has 0 aliphatic carbocycles. The number of hydrogen-bond donors (Lipinski definition) is 0. The molecular formula is C70H53BN2. The summed E-state index contributed by atoms with van der Waals surface area (Å²) >= 11 is 0. The van der Waals surface area contributed by atoms with Gasteiger partial charge in [0.2, 0.25) is 0 Å². The summed E-state index contributed by atoms with van der Waals surface area (Å²) in [6, 6.07) is 81.2. The maximum Gasteiger partial charge on any atom is 0.333 e. The van der Waals surface area contributed by atoms with Crippen LogP contribution in [0.25, 0.3) is 109 Å². The molecule has 0 radical (unpaired) electrons. The minimum absolute atomic E-state index is 0.0123. The highest BCUT2D eigenvalue weighted by molar-refractivity contribution is 6.90. The fourth-order valence-electron chi connectivity index (χ4n) is 12.9. The van der Waals surface area contributed by atoms with E-state index in [2.05, 4.69) is 263 Å². The lowest BCUT2D eigenvalue weighted by Gasteiger charge is -2.41. The fourth-order valence-corrected chi connectivity index (χ4v) is 12.9. The summed E-state index contributed by atoms with van der Waals surface area (Å²) in [5.41, 5.74) is 18.9. The molecule has 0 saturated carbocycles. The molecule has 0 atom stereocenters. The summed E-state index contributed by atoms with van der Waals surface area (Å²) in [4.78, 5) is 2.64. The third-order valence-corrected chi connectivity index (χ3v) is 16.5. The summed E-state index contributed by atoms with van der Waals surface area (Å²) in [6.07, 6.45) is 0. The molecule has 2 aliphatic heterocycles. The molecule has 0 N–H and O–H groups in total. The van der Waals surface area contributed by atoms with E-state index in [-0.39, 0.29) is 17.7 Å². The van der Waals surface area contributed by atoms with Gasteiger partial charge in [0, 0.05) is 44.4 Å². The molecule has 13 aromatic rings. The van der Waals surface area contributed by atoms with Gasteiger partial charge in [0.15, 0.2) is 0 Å². The second-order valence-corrected chi connectivity index (χ2v) is 22.9. The Balaban J connectivity index is 1.13.